The predicted molar refractivity (Wildman–Crippen MR) is 101 cm³/mol. The van der Waals surface area contributed by atoms with Crippen LogP contribution in [0.15, 0.2) is 36.0 Å². The molecule has 1 fully saturated rings. The molecule has 1 N–H and O–H groups in total. The summed E-state index contributed by atoms with van der Waals surface area (Å²) in [5.41, 5.74) is 1.87. The average molecular weight is 370 g/mol. The fraction of sp³-hybridized carbons (Fsp3) is 0.421. The molecule has 1 atom stereocenters. The van der Waals surface area contributed by atoms with Gasteiger partial charge in [0, 0.05) is 24.7 Å². The van der Waals surface area contributed by atoms with Crippen molar-refractivity contribution in [2.75, 3.05) is 19.7 Å². The zero-order valence-corrected chi connectivity index (χ0v) is 15.6. The van der Waals surface area contributed by atoms with Gasteiger partial charge in [-0.15, -0.1) is 11.3 Å². The van der Waals surface area contributed by atoms with E-state index in [1.54, 1.807) is 28.2 Å². The molecule has 1 unspecified atom stereocenters. The van der Waals surface area contributed by atoms with Crippen LogP contribution in [-0.2, 0) is 0 Å². The van der Waals surface area contributed by atoms with E-state index in [1.165, 1.54) is 0 Å². The normalized spacial score (nSPS) is 20.2. The van der Waals surface area contributed by atoms with E-state index in [0.717, 1.165) is 29.8 Å². The first-order valence-electron chi connectivity index (χ1n) is 8.94. The molecule has 3 aromatic rings. The topological polar surface area (TPSA) is 70.7 Å². The number of nitrogens with zero attached hydrogens (tertiary/aromatic N) is 4. The molecule has 4 heterocycles. The van der Waals surface area contributed by atoms with Crippen LogP contribution < -0.4 is 0 Å². The van der Waals surface area contributed by atoms with Gasteiger partial charge in [-0.25, -0.2) is 9.50 Å². The quantitative estimate of drug-likeness (QED) is 0.749. The zero-order chi connectivity index (χ0) is 18.1. The molecule has 1 aliphatic rings. The number of likely N-dealkylation sites (tertiary alicyclic amines) is 1. The number of aromatic nitrogens is 3. The van der Waals surface area contributed by atoms with Gasteiger partial charge >= 0.3 is 0 Å². The highest BCUT2D eigenvalue weighted by Crippen LogP contribution is 2.35. The van der Waals surface area contributed by atoms with Crippen LogP contribution in [0.1, 0.15) is 36.5 Å². The maximum atomic E-state index is 13.1. The molecule has 1 aliphatic heterocycles. The summed E-state index contributed by atoms with van der Waals surface area (Å²) < 4.78 is 1.74. The Balaban J connectivity index is 1.66. The van der Waals surface area contributed by atoms with Gasteiger partial charge in [0.1, 0.15) is 5.56 Å². The van der Waals surface area contributed by atoms with Crippen LogP contribution in [0.5, 0.6) is 0 Å². The Morgan fingerprint density at radius 3 is 3.04 bits per heavy atom. The van der Waals surface area contributed by atoms with Crippen molar-refractivity contribution < 1.29 is 9.90 Å². The first kappa shape index (κ1) is 17.2. The number of amides is 1. The maximum Gasteiger partial charge on any atom is 0.259 e. The Morgan fingerprint density at radius 1 is 1.42 bits per heavy atom. The fourth-order valence-electron chi connectivity index (χ4n) is 3.87. The number of fused-ring (bicyclic) bond motifs is 1. The van der Waals surface area contributed by atoms with Crippen LogP contribution in [-0.4, -0.2) is 50.2 Å². The molecule has 0 saturated carbocycles. The lowest BCUT2D eigenvalue weighted by molar-refractivity contribution is 0.0731. The van der Waals surface area contributed by atoms with Crippen molar-refractivity contribution in [3.63, 3.8) is 0 Å². The minimum atomic E-state index is -0.164. The Morgan fingerprint density at radius 2 is 2.31 bits per heavy atom. The number of rotatable bonds is 5. The fourth-order valence-corrected chi connectivity index (χ4v) is 4.61. The zero-order valence-electron chi connectivity index (χ0n) is 14.8. The Labute approximate surface area is 156 Å². The third-order valence-corrected chi connectivity index (χ3v) is 6.14. The molecule has 4 rings (SSSR count). The largest absolute Gasteiger partial charge is 0.396 e. The number of carbonyl (C=O) groups excluding carboxylic acids is 1. The molecule has 6 nitrogen and oxygen atoms in total. The van der Waals surface area contributed by atoms with E-state index in [0.29, 0.717) is 24.3 Å². The third-order valence-electron chi connectivity index (χ3n) is 5.25. The van der Waals surface area contributed by atoms with Crippen molar-refractivity contribution in [1.82, 2.24) is 19.5 Å². The van der Waals surface area contributed by atoms with E-state index in [2.05, 4.69) is 17.0 Å². The minimum Gasteiger partial charge on any atom is -0.396 e. The van der Waals surface area contributed by atoms with Gasteiger partial charge in [-0.1, -0.05) is 19.4 Å². The van der Waals surface area contributed by atoms with E-state index in [-0.39, 0.29) is 17.9 Å². The maximum absolute atomic E-state index is 13.1. The molecular weight excluding hydrogens is 348 g/mol. The molecule has 0 bridgehead atoms. The second-order valence-electron chi connectivity index (χ2n) is 6.99. The van der Waals surface area contributed by atoms with Crippen LogP contribution in [0.2, 0.25) is 0 Å². The Kier molecular flexibility index (Phi) is 4.50. The number of aliphatic hydroxyl groups excluding tert-OH is 1. The lowest BCUT2D eigenvalue weighted by Crippen LogP contribution is -2.34. The smallest absolute Gasteiger partial charge is 0.259 e. The summed E-state index contributed by atoms with van der Waals surface area (Å²) in [5, 5.41) is 16.3. The van der Waals surface area contributed by atoms with Crippen LogP contribution in [0.4, 0.5) is 0 Å². The lowest BCUT2D eigenvalue weighted by atomic mass is 9.83. The van der Waals surface area contributed by atoms with E-state index < -0.39 is 0 Å². The van der Waals surface area contributed by atoms with Gasteiger partial charge in [-0.2, -0.15) is 5.10 Å². The molecule has 1 saturated heterocycles. The number of carbonyl (C=O) groups is 1. The molecule has 0 aliphatic carbocycles. The van der Waals surface area contributed by atoms with Gasteiger partial charge < -0.3 is 10.0 Å². The van der Waals surface area contributed by atoms with Crippen molar-refractivity contribution in [1.29, 1.82) is 0 Å². The number of aliphatic hydroxyl groups is 1. The summed E-state index contributed by atoms with van der Waals surface area (Å²) >= 11 is 1.63. The van der Waals surface area contributed by atoms with Crippen LogP contribution >= 0.6 is 11.3 Å². The van der Waals surface area contributed by atoms with Crippen molar-refractivity contribution in [3.8, 4) is 10.6 Å². The minimum absolute atomic E-state index is 0.0535. The number of thiophene rings is 1. The van der Waals surface area contributed by atoms with Gasteiger partial charge in [-0.3, -0.25) is 4.79 Å². The summed E-state index contributed by atoms with van der Waals surface area (Å²) in [5.74, 6) is -0.0535. The second-order valence-corrected chi connectivity index (χ2v) is 7.93. The summed E-state index contributed by atoms with van der Waals surface area (Å²) in [6.07, 6.45) is 6.12. The monoisotopic (exact) mass is 370 g/mol. The Bertz CT molecular complexity index is 921. The molecule has 136 valence electrons. The van der Waals surface area contributed by atoms with Crippen LogP contribution in [0.25, 0.3) is 16.2 Å². The van der Waals surface area contributed by atoms with Gasteiger partial charge in [0.05, 0.1) is 23.4 Å². The second kappa shape index (κ2) is 6.81. The highest BCUT2D eigenvalue weighted by atomic mass is 32.1. The van der Waals surface area contributed by atoms with Crippen LogP contribution in [0, 0.1) is 5.41 Å². The standard InChI is InChI=1S/C19H22N4O2S/c1-2-6-19(13-24)7-9-22(12-19)18(25)14-11-21-23-15(5-8-20-17(14)23)16-4-3-10-26-16/h3-5,8,10-11,24H,2,6-7,9,12-13H2,1H3. The van der Waals surface area contributed by atoms with Crippen LogP contribution in [0.3, 0.4) is 0 Å². The van der Waals surface area contributed by atoms with E-state index in [1.807, 2.05) is 28.5 Å². The highest BCUT2D eigenvalue weighted by Gasteiger charge is 2.39. The summed E-state index contributed by atoms with van der Waals surface area (Å²) in [6.45, 7) is 3.50. The van der Waals surface area contributed by atoms with Crippen molar-refractivity contribution >= 4 is 22.9 Å². The van der Waals surface area contributed by atoms with Gasteiger partial charge in [0.2, 0.25) is 0 Å². The van der Waals surface area contributed by atoms with Gasteiger partial charge in [-0.05, 0) is 30.4 Å². The highest BCUT2D eigenvalue weighted by molar-refractivity contribution is 7.13. The first-order valence-corrected chi connectivity index (χ1v) is 9.82. The molecule has 0 aromatic carbocycles. The van der Waals surface area contributed by atoms with E-state index in [4.69, 9.17) is 0 Å². The SMILES string of the molecule is CCCC1(CO)CCN(C(=O)c2cnn3c(-c4cccs4)ccnc23)C1. The van der Waals surface area contributed by atoms with Gasteiger partial charge in [0.15, 0.2) is 5.65 Å². The molecule has 3 aromatic heterocycles. The van der Waals surface area contributed by atoms with Crippen molar-refractivity contribution in [2.45, 2.75) is 26.2 Å². The summed E-state index contributed by atoms with van der Waals surface area (Å²) in [4.78, 5) is 20.4. The third kappa shape index (κ3) is 2.81. The molecular formula is C19H22N4O2S. The summed E-state index contributed by atoms with van der Waals surface area (Å²) in [7, 11) is 0. The first-order chi connectivity index (χ1) is 12.7. The lowest BCUT2D eigenvalue weighted by Gasteiger charge is -2.26. The van der Waals surface area contributed by atoms with Gasteiger partial charge in [0.25, 0.3) is 5.91 Å². The number of hydrogen-bond donors (Lipinski definition) is 1. The Hall–Kier alpha value is -2.25. The molecule has 26 heavy (non-hydrogen) atoms. The molecule has 0 radical (unpaired) electrons. The van der Waals surface area contributed by atoms with Crippen molar-refractivity contribution in [3.05, 3.63) is 41.5 Å². The van der Waals surface area contributed by atoms with E-state index >= 15 is 0 Å². The van der Waals surface area contributed by atoms with Crippen molar-refractivity contribution in [2.24, 2.45) is 5.41 Å². The van der Waals surface area contributed by atoms with E-state index in [9.17, 15) is 9.90 Å². The number of hydrogen-bond acceptors (Lipinski definition) is 5. The average Bonchev–Trinajstić information content (AvgIpc) is 3.40. The molecule has 0 spiro atoms. The molecule has 1 amide bonds. The molecule has 7 heteroatoms. The predicted octanol–water partition coefficient (Wildman–Crippen LogP) is 3.08. The summed E-state index contributed by atoms with van der Waals surface area (Å²) in [6, 6.07) is 5.94.